The van der Waals surface area contributed by atoms with Crippen molar-refractivity contribution in [2.24, 2.45) is 0 Å². The zero-order valence-electron chi connectivity index (χ0n) is 10.3. The number of hydrogen-bond acceptors (Lipinski definition) is 3. The third-order valence-electron chi connectivity index (χ3n) is 3.59. The number of piperazine rings is 1. The largest absolute Gasteiger partial charge is 0.309 e. The zero-order chi connectivity index (χ0) is 11.4. The number of rotatable bonds is 4. The predicted molar refractivity (Wildman–Crippen MR) is 71.2 cm³/mol. The maximum atomic E-state index is 3.63. The van der Waals surface area contributed by atoms with Crippen molar-refractivity contribution < 1.29 is 0 Å². The molecule has 1 aromatic heterocycles. The van der Waals surface area contributed by atoms with E-state index in [9.17, 15) is 0 Å². The van der Waals surface area contributed by atoms with Crippen LogP contribution in [0.5, 0.6) is 0 Å². The van der Waals surface area contributed by atoms with Gasteiger partial charge >= 0.3 is 0 Å². The Labute approximate surface area is 103 Å². The lowest BCUT2D eigenvalue weighted by atomic mass is 9.96. The lowest BCUT2D eigenvalue weighted by Crippen LogP contribution is -2.58. The van der Waals surface area contributed by atoms with E-state index in [1.807, 2.05) is 11.3 Å². The molecule has 0 saturated carbocycles. The van der Waals surface area contributed by atoms with Gasteiger partial charge in [0.05, 0.1) is 0 Å². The van der Waals surface area contributed by atoms with Gasteiger partial charge in [-0.2, -0.15) is 0 Å². The van der Waals surface area contributed by atoms with E-state index in [1.54, 1.807) is 0 Å². The van der Waals surface area contributed by atoms with Gasteiger partial charge in [-0.25, -0.2) is 0 Å². The number of hydrogen-bond donors (Lipinski definition) is 1. The van der Waals surface area contributed by atoms with Crippen LogP contribution in [0.2, 0.25) is 0 Å². The molecule has 0 bridgehead atoms. The first-order chi connectivity index (χ1) is 7.72. The second-order valence-corrected chi connectivity index (χ2v) is 5.98. The Balaban J connectivity index is 1.81. The van der Waals surface area contributed by atoms with Gasteiger partial charge in [-0.1, -0.05) is 13.0 Å². The number of nitrogens with zero attached hydrogens (tertiary/aromatic N) is 1. The smallest absolute Gasteiger partial charge is 0.0278 e. The Bertz CT molecular complexity index is 310. The Morgan fingerprint density at radius 2 is 2.44 bits per heavy atom. The molecule has 1 unspecified atom stereocenters. The molecule has 0 spiro atoms. The van der Waals surface area contributed by atoms with Crippen LogP contribution in [0.1, 0.15) is 25.1 Å². The summed E-state index contributed by atoms with van der Waals surface area (Å²) in [6.07, 6.45) is 2.42. The van der Waals surface area contributed by atoms with Gasteiger partial charge in [0.1, 0.15) is 0 Å². The van der Waals surface area contributed by atoms with E-state index in [1.165, 1.54) is 37.4 Å². The minimum absolute atomic E-state index is 0.327. The lowest BCUT2D eigenvalue weighted by molar-refractivity contribution is 0.141. The highest BCUT2D eigenvalue weighted by Crippen LogP contribution is 2.16. The lowest BCUT2D eigenvalue weighted by Gasteiger charge is -2.41. The molecule has 1 aromatic rings. The topological polar surface area (TPSA) is 15.3 Å². The molecule has 1 atom stereocenters. The SMILES string of the molecule is CCC1(C)CN(CCc2cccs2)CCN1. The maximum absolute atomic E-state index is 3.63. The molecule has 90 valence electrons. The molecule has 2 rings (SSSR count). The maximum Gasteiger partial charge on any atom is 0.0278 e. The van der Waals surface area contributed by atoms with Crippen molar-refractivity contribution in [3.63, 3.8) is 0 Å². The predicted octanol–water partition coefficient (Wildman–Crippen LogP) is 2.36. The van der Waals surface area contributed by atoms with Gasteiger partial charge in [-0.3, -0.25) is 4.90 Å². The average molecular weight is 238 g/mol. The molecule has 0 aliphatic carbocycles. The highest BCUT2D eigenvalue weighted by atomic mass is 32.1. The van der Waals surface area contributed by atoms with Crippen LogP contribution in [0.25, 0.3) is 0 Å². The van der Waals surface area contributed by atoms with Crippen LogP contribution in [-0.4, -0.2) is 36.6 Å². The van der Waals surface area contributed by atoms with E-state index in [-0.39, 0.29) is 0 Å². The van der Waals surface area contributed by atoms with Crippen LogP contribution in [-0.2, 0) is 6.42 Å². The standard InChI is InChI=1S/C13H22N2S/c1-3-13(2)11-15(9-7-14-13)8-6-12-5-4-10-16-12/h4-5,10,14H,3,6-9,11H2,1-2H3. The molecule has 2 heterocycles. The van der Waals surface area contributed by atoms with E-state index < -0.39 is 0 Å². The van der Waals surface area contributed by atoms with Crippen molar-refractivity contribution in [2.45, 2.75) is 32.2 Å². The number of thiophene rings is 1. The molecule has 2 nitrogen and oxygen atoms in total. The summed E-state index contributed by atoms with van der Waals surface area (Å²) in [4.78, 5) is 4.11. The quantitative estimate of drug-likeness (QED) is 0.866. The molecule has 1 aliphatic rings. The van der Waals surface area contributed by atoms with E-state index in [2.05, 4.69) is 41.6 Å². The Kier molecular flexibility index (Phi) is 4.00. The molecule has 1 saturated heterocycles. The monoisotopic (exact) mass is 238 g/mol. The fourth-order valence-corrected chi connectivity index (χ4v) is 2.99. The van der Waals surface area contributed by atoms with Crippen molar-refractivity contribution in [3.8, 4) is 0 Å². The van der Waals surface area contributed by atoms with Crippen LogP contribution in [0, 0.1) is 0 Å². The van der Waals surface area contributed by atoms with E-state index in [4.69, 9.17) is 0 Å². The van der Waals surface area contributed by atoms with Gasteiger partial charge in [-0.05, 0) is 31.2 Å². The molecule has 1 aliphatic heterocycles. The second kappa shape index (κ2) is 5.30. The summed E-state index contributed by atoms with van der Waals surface area (Å²) in [6, 6.07) is 4.39. The van der Waals surface area contributed by atoms with Crippen molar-refractivity contribution in [3.05, 3.63) is 22.4 Å². The Hall–Kier alpha value is -0.380. The van der Waals surface area contributed by atoms with Crippen LogP contribution in [0.15, 0.2) is 17.5 Å². The number of nitrogens with one attached hydrogen (secondary N) is 1. The molecule has 3 heteroatoms. The summed E-state index contributed by atoms with van der Waals surface area (Å²) in [6.45, 7) is 9.34. The van der Waals surface area contributed by atoms with Gasteiger partial charge in [0.15, 0.2) is 0 Å². The highest BCUT2D eigenvalue weighted by molar-refractivity contribution is 7.09. The fraction of sp³-hybridized carbons (Fsp3) is 0.692. The summed E-state index contributed by atoms with van der Waals surface area (Å²) in [5.74, 6) is 0. The van der Waals surface area contributed by atoms with Crippen molar-refractivity contribution in [2.75, 3.05) is 26.2 Å². The third-order valence-corrected chi connectivity index (χ3v) is 4.52. The molecular formula is C13H22N2S. The molecule has 0 amide bonds. The fourth-order valence-electron chi connectivity index (χ4n) is 2.30. The van der Waals surface area contributed by atoms with Gasteiger partial charge in [0.2, 0.25) is 0 Å². The molecule has 1 fully saturated rings. The van der Waals surface area contributed by atoms with E-state index >= 15 is 0 Å². The summed E-state index contributed by atoms with van der Waals surface area (Å²) >= 11 is 1.87. The molecule has 0 radical (unpaired) electrons. The minimum atomic E-state index is 0.327. The zero-order valence-corrected chi connectivity index (χ0v) is 11.1. The molecule has 0 aromatic carbocycles. The van der Waals surface area contributed by atoms with E-state index in [0.717, 1.165) is 6.54 Å². The normalized spacial score (nSPS) is 27.1. The summed E-state index contributed by atoms with van der Waals surface area (Å²) in [5, 5.41) is 5.80. The van der Waals surface area contributed by atoms with Crippen molar-refractivity contribution in [1.82, 2.24) is 10.2 Å². The van der Waals surface area contributed by atoms with E-state index in [0.29, 0.717) is 5.54 Å². The van der Waals surface area contributed by atoms with Gasteiger partial charge in [-0.15, -0.1) is 11.3 Å². The molecule has 1 N–H and O–H groups in total. The summed E-state index contributed by atoms with van der Waals surface area (Å²) < 4.78 is 0. The average Bonchev–Trinajstić information content (AvgIpc) is 2.80. The first kappa shape index (κ1) is 12.1. The Morgan fingerprint density at radius 3 is 3.12 bits per heavy atom. The van der Waals surface area contributed by atoms with Crippen LogP contribution >= 0.6 is 11.3 Å². The Morgan fingerprint density at radius 1 is 1.56 bits per heavy atom. The minimum Gasteiger partial charge on any atom is -0.309 e. The summed E-state index contributed by atoms with van der Waals surface area (Å²) in [5.41, 5.74) is 0.327. The first-order valence-electron chi connectivity index (χ1n) is 6.22. The van der Waals surface area contributed by atoms with Crippen LogP contribution in [0.3, 0.4) is 0 Å². The summed E-state index contributed by atoms with van der Waals surface area (Å²) in [7, 11) is 0. The second-order valence-electron chi connectivity index (χ2n) is 4.95. The first-order valence-corrected chi connectivity index (χ1v) is 7.09. The molecular weight excluding hydrogens is 216 g/mol. The van der Waals surface area contributed by atoms with Gasteiger partial charge in [0, 0.05) is 36.6 Å². The molecule has 16 heavy (non-hydrogen) atoms. The van der Waals surface area contributed by atoms with Crippen LogP contribution < -0.4 is 5.32 Å². The third kappa shape index (κ3) is 3.06. The highest BCUT2D eigenvalue weighted by Gasteiger charge is 2.28. The van der Waals surface area contributed by atoms with Crippen molar-refractivity contribution >= 4 is 11.3 Å². The van der Waals surface area contributed by atoms with Gasteiger partial charge in [0.25, 0.3) is 0 Å². The van der Waals surface area contributed by atoms with Crippen LogP contribution in [0.4, 0.5) is 0 Å². The van der Waals surface area contributed by atoms with Crippen molar-refractivity contribution in [1.29, 1.82) is 0 Å². The van der Waals surface area contributed by atoms with Gasteiger partial charge < -0.3 is 5.32 Å².